The third-order valence-corrected chi connectivity index (χ3v) is 7.94. The highest BCUT2D eigenvalue weighted by atomic mass is 16.7. The number of amides is 1. The van der Waals surface area contributed by atoms with E-state index >= 15 is 0 Å². The van der Waals surface area contributed by atoms with Crippen LogP contribution in [-0.4, -0.2) is 72.2 Å². The van der Waals surface area contributed by atoms with Gasteiger partial charge in [0, 0.05) is 36.9 Å². The van der Waals surface area contributed by atoms with Crippen molar-refractivity contribution in [1.29, 1.82) is 0 Å². The number of fused-ring (bicyclic) bond motifs is 1. The summed E-state index contributed by atoms with van der Waals surface area (Å²) < 4.78 is 32.0. The van der Waals surface area contributed by atoms with Crippen molar-refractivity contribution in [3.63, 3.8) is 0 Å². The van der Waals surface area contributed by atoms with E-state index in [0.29, 0.717) is 19.8 Å². The van der Waals surface area contributed by atoms with Crippen LogP contribution in [0, 0.1) is 0 Å². The number of carbonyl (C=O) groups excluding carboxylic acids is 1. The summed E-state index contributed by atoms with van der Waals surface area (Å²) in [5.74, 6) is 0. The molecule has 4 rings (SSSR count). The van der Waals surface area contributed by atoms with E-state index in [1.54, 1.807) is 0 Å². The summed E-state index contributed by atoms with van der Waals surface area (Å²) in [6.07, 6.45) is 6.25. The van der Waals surface area contributed by atoms with Gasteiger partial charge in [-0.1, -0.05) is 0 Å². The van der Waals surface area contributed by atoms with E-state index in [1.165, 1.54) is 0 Å². The molecular formula is C30H49BN4O6. The highest BCUT2D eigenvalue weighted by Gasteiger charge is 2.52. The Morgan fingerprint density at radius 2 is 1.90 bits per heavy atom. The zero-order valence-electron chi connectivity index (χ0n) is 26.2. The van der Waals surface area contributed by atoms with Crippen molar-refractivity contribution in [3.8, 4) is 0 Å². The Morgan fingerprint density at radius 1 is 1.17 bits per heavy atom. The lowest BCUT2D eigenvalue weighted by atomic mass is 9.78. The van der Waals surface area contributed by atoms with Gasteiger partial charge in [0.05, 0.1) is 29.5 Å². The van der Waals surface area contributed by atoms with Crippen LogP contribution in [0.25, 0.3) is 10.9 Å². The molecule has 2 saturated heterocycles. The highest BCUT2D eigenvalue weighted by Crippen LogP contribution is 2.37. The molecule has 2 aliphatic heterocycles. The van der Waals surface area contributed by atoms with Crippen LogP contribution in [0.1, 0.15) is 93.7 Å². The van der Waals surface area contributed by atoms with Gasteiger partial charge in [-0.2, -0.15) is 5.10 Å². The van der Waals surface area contributed by atoms with Gasteiger partial charge >= 0.3 is 13.2 Å². The zero-order valence-corrected chi connectivity index (χ0v) is 26.2. The van der Waals surface area contributed by atoms with Gasteiger partial charge in [0.15, 0.2) is 6.23 Å². The molecule has 3 heterocycles. The Labute approximate surface area is 245 Å². The van der Waals surface area contributed by atoms with E-state index in [1.807, 2.05) is 38.6 Å². The summed E-state index contributed by atoms with van der Waals surface area (Å²) in [5, 5.41) is 12.2. The third kappa shape index (κ3) is 8.15. The lowest BCUT2D eigenvalue weighted by molar-refractivity contribution is -0.0366. The number of nitrogens with zero attached hydrogens (tertiary/aromatic N) is 2. The third-order valence-electron chi connectivity index (χ3n) is 7.94. The second kappa shape index (κ2) is 12.9. The first kappa shape index (κ1) is 31.6. The topological polar surface area (TPSA) is 105 Å². The van der Waals surface area contributed by atoms with Gasteiger partial charge in [-0.25, -0.2) is 9.48 Å². The Balaban J connectivity index is 1.35. The molecule has 2 N–H and O–H groups in total. The number of hydrogen-bond donors (Lipinski definition) is 2. The van der Waals surface area contributed by atoms with Crippen molar-refractivity contribution < 1.29 is 28.3 Å². The maximum Gasteiger partial charge on any atom is 0.494 e. The molecule has 0 spiro atoms. The molecule has 1 aromatic heterocycles. The molecule has 10 nitrogen and oxygen atoms in total. The van der Waals surface area contributed by atoms with E-state index < -0.39 is 23.9 Å². The molecule has 1 unspecified atom stereocenters. The minimum atomic E-state index is -0.502. The van der Waals surface area contributed by atoms with Crippen molar-refractivity contribution in [2.24, 2.45) is 0 Å². The van der Waals surface area contributed by atoms with Crippen LogP contribution < -0.4 is 16.1 Å². The normalized spacial score (nSPS) is 21.2. The Bertz CT molecular complexity index is 1160. The number of nitrogens with one attached hydrogen (secondary N) is 2. The van der Waals surface area contributed by atoms with E-state index in [9.17, 15) is 4.79 Å². The second-order valence-electron chi connectivity index (χ2n) is 13.2. The standard InChI is InChI=1S/C30H49BN4O6/c1-21(34-27(36)39-28(2,3)4)12-11-15-37-17-14-32-24-18-22(31-40-29(5,6)30(7,8)41-31)19-25-23(24)20-33-35(25)26-13-9-10-16-38-26/h18-21,26,32H,9-17H2,1-8H3,(H,34,36)/t21-,26?/m0/s1. The fourth-order valence-electron chi connectivity index (χ4n) is 5.01. The first-order valence-electron chi connectivity index (χ1n) is 15.1. The van der Waals surface area contributed by atoms with Crippen LogP contribution in [0.3, 0.4) is 0 Å². The minimum absolute atomic E-state index is 0.0160. The fourth-order valence-corrected chi connectivity index (χ4v) is 5.01. The smallest absolute Gasteiger partial charge is 0.444 e. The molecule has 41 heavy (non-hydrogen) atoms. The van der Waals surface area contributed by atoms with Gasteiger partial charge in [0.2, 0.25) is 0 Å². The Morgan fingerprint density at radius 3 is 2.56 bits per heavy atom. The number of alkyl carbamates (subject to hydrolysis) is 1. The van der Waals surface area contributed by atoms with Crippen LogP contribution in [0.15, 0.2) is 18.3 Å². The first-order chi connectivity index (χ1) is 19.3. The lowest BCUT2D eigenvalue weighted by Gasteiger charge is -2.32. The Kier molecular flexibility index (Phi) is 9.94. The van der Waals surface area contributed by atoms with Gasteiger partial charge in [0.1, 0.15) is 5.60 Å². The summed E-state index contributed by atoms with van der Waals surface area (Å²) in [6.45, 7) is 18.4. The maximum absolute atomic E-state index is 11.9. The number of hydrogen-bond acceptors (Lipinski definition) is 8. The molecule has 1 amide bonds. The van der Waals surface area contributed by atoms with Crippen LogP contribution in [-0.2, 0) is 23.5 Å². The van der Waals surface area contributed by atoms with Crippen molar-refractivity contribution >= 4 is 35.3 Å². The molecule has 0 saturated carbocycles. The SMILES string of the molecule is C[C@@H](CCCOCCNc1cc(B2OC(C)(C)C(C)(C)O2)cc2c1cnn2C1CCCCO1)NC(=O)OC(C)(C)C. The van der Waals surface area contributed by atoms with Crippen LogP contribution in [0.4, 0.5) is 10.5 Å². The predicted molar refractivity (Wildman–Crippen MR) is 162 cm³/mol. The molecule has 11 heteroatoms. The fraction of sp³-hybridized carbons (Fsp3) is 0.733. The number of ether oxygens (including phenoxy) is 3. The number of anilines is 1. The van der Waals surface area contributed by atoms with E-state index in [0.717, 1.165) is 60.8 Å². The average Bonchev–Trinajstić information content (AvgIpc) is 3.39. The molecule has 228 valence electrons. The molecule has 2 atom stereocenters. The van der Waals surface area contributed by atoms with E-state index in [4.69, 9.17) is 28.6 Å². The van der Waals surface area contributed by atoms with Crippen molar-refractivity contribution in [1.82, 2.24) is 15.1 Å². The van der Waals surface area contributed by atoms with Crippen molar-refractivity contribution in [2.45, 2.75) is 117 Å². The molecule has 0 aliphatic carbocycles. The summed E-state index contributed by atoms with van der Waals surface area (Å²) >= 11 is 0. The largest absolute Gasteiger partial charge is 0.494 e. The van der Waals surface area contributed by atoms with Crippen molar-refractivity contribution in [2.75, 3.05) is 31.7 Å². The molecule has 0 radical (unpaired) electrons. The minimum Gasteiger partial charge on any atom is -0.444 e. The summed E-state index contributed by atoms with van der Waals surface area (Å²) in [6, 6.07) is 4.24. The average molecular weight is 573 g/mol. The van der Waals surface area contributed by atoms with Gasteiger partial charge in [-0.15, -0.1) is 0 Å². The van der Waals surface area contributed by atoms with Crippen LogP contribution in [0.5, 0.6) is 0 Å². The first-order valence-corrected chi connectivity index (χ1v) is 15.1. The zero-order chi connectivity index (χ0) is 29.8. The second-order valence-corrected chi connectivity index (χ2v) is 13.2. The summed E-state index contributed by atoms with van der Waals surface area (Å²) in [7, 11) is -0.479. The highest BCUT2D eigenvalue weighted by molar-refractivity contribution is 6.62. The van der Waals surface area contributed by atoms with E-state index in [2.05, 4.69) is 50.5 Å². The van der Waals surface area contributed by atoms with Crippen LogP contribution in [0.2, 0.25) is 0 Å². The van der Waals surface area contributed by atoms with E-state index in [-0.39, 0.29) is 18.4 Å². The summed E-state index contributed by atoms with van der Waals surface area (Å²) in [5.41, 5.74) is 1.55. The number of aromatic nitrogens is 2. The van der Waals surface area contributed by atoms with Gasteiger partial charge < -0.3 is 34.2 Å². The quantitative estimate of drug-likeness (QED) is 0.281. The van der Waals surface area contributed by atoms with Crippen molar-refractivity contribution in [3.05, 3.63) is 18.3 Å². The number of benzene rings is 1. The molecule has 2 fully saturated rings. The molecule has 2 aliphatic rings. The van der Waals surface area contributed by atoms with Gasteiger partial charge in [-0.05, 0) is 105 Å². The molecule has 2 aromatic rings. The number of carbonyl (C=O) groups is 1. The maximum atomic E-state index is 11.9. The predicted octanol–water partition coefficient (Wildman–Crippen LogP) is 5.16. The Hall–Kier alpha value is -2.34. The molecular weight excluding hydrogens is 523 g/mol. The molecule has 1 aromatic carbocycles. The monoisotopic (exact) mass is 572 g/mol. The van der Waals surface area contributed by atoms with Crippen LogP contribution >= 0.6 is 0 Å². The van der Waals surface area contributed by atoms with Gasteiger partial charge in [0.25, 0.3) is 0 Å². The summed E-state index contributed by atoms with van der Waals surface area (Å²) in [4.78, 5) is 11.9. The molecule has 0 bridgehead atoms. The number of rotatable bonds is 11. The lowest BCUT2D eigenvalue weighted by Crippen LogP contribution is -2.41. The van der Waals surface area contributed by atoms with Gasteiger partial charge in [-0.3, -0.25) is 0 Å².